The van der Waals surface area contributed by atoms with Crippen LogP contribution < -0.4 is 16.8 Å². The molecule has 8 nitrogen and oxygen atoms in total. The van der Waals surface area contributed by atoms with E-state index in [2.05, 4.69) is 15.4 Å². The number of amides is 2. The molecule has 0 unspecified atom stereocenters. The number of aromatic nitrogens is 3. The summed E-state index contributed by atoms with van der Waals surface area (Å²) in [4.78, 5) is 26.2. The van der Waals surface area contributed by atoms with E-state index in [9.17, 15) is 9.59 Å². The lowest BCUT2D eigenvalue weighted by Gasteiger charge is -1.98. The minimum atomic E-state index is -0.511. The average molecular weight is 266 g/mol. The molecule has 2 aromatic heterocycles. The van der Waals surface area contributed by atoms with E-state index in [1.54, 1.807) is 5.38 Å². The average Bonchev–Trinajstić information content (AvgIpc) is 2.87. The molecule has 9 heteroatoms. The van der Waals surface area contributed by atoms with E-state index in [4.69, 9.17) is 11.5 Å². The van der Waals surface area contributed by atoms with Gasteiger partial charge in [-0.05, 0) is 0 Å². The first-order valence-electron chi connectivity index (χ1n) is 4.87. The smallest absolute Gasteiger partial charge is 0.275 e. The fourth-order valence-corrected chi connectivity index (χ4v) is 1.80. The van der Waals surface area contributed by atoms with Crippen LogP contribution in [0.1, 0.15) is 10.5 Å². The van der Waals surface area contributed by atoms with Gasteiger partial charge in [0.15, 0.2) is 5.13 Å². The van der Waals surface area contributed by atoms with Gasteiger partial charge in [0.25, 0.3) is 5.91 Å². The van der Waals surface area contributed by atoms with E-state index in [1.807, 2.05) is 0 Å². The molecule has 0 spiro atoms. The van der Waals surface area contributed by atoms with Gasteiger partial charge in [-0.3, -0.25) is 14.3 Å². The Labute approximate surface area is 106 Å². The third kappa shape index (κ3) is 2.83. The fraction of sp³-hybridized carbons (Fsp3) is 0.111. The highest BCUT2D eigenvalue weighted by Crippen LogP contribution is 2.13. The number of nitrogens with one attached hydrogen (secondary N) is 1. The van der Waals surface area contributed by atoms with Crippen molar-refractivity contribution in [1.82, 2.24) is 14.8 Å². The van der Waals surface area contributed by atoms with E-state index in [0.29, 0.717) is 10.8 Å². The van der Waals surface area contributed by atoms with Crippen molar-refractivity contribution in [2.24, 2.45) is 5.73 Å². The third-order valence-corrected chi connectivity index (χ3v) is 2.64. The van der Waals surface area contributed by atoms with Crippen molar-refractivity contribution in [3.8, 4) is 0 Å². The number of carbonyl (C=O) groups excluding carboxylic acids is 2. The molecule has 2 heterocycles. The maximum absolute atomic E-state index is 11.7. The first kappa shape index (κ1) is 12.0. The second-order valence-electron chi connectivity index (χ2n) is 3.42. The highest BCUT2D eigenvalue weighted by atomic mass is 32.1. The van der Waals surface area contributed by atoms with Gasteiger partial charge in [0, 0.05) is 11.6 Å². The minimum absolute atomic E-state index is 0.0421. The second kappa shape index (κ2) is 4.84. The summed E-state index contributed by atoms with van der Waals surface area (Å²) in [5, 5.41) is 8.32. The van der Waals surface area contributed by atoms with Crippen molar-refractivity contribution in [3.05, 3.63) is 23.5 Å². The molecule has 0 fully saturated rings. The van der Waals surface area contributed by atoms with Crippen molar-refractivity contribution in [3.63, 3.8) is 0 Å². The fourth-order valence-electron chi connectivity index (χ4n) is 1.26. The van der Waals surface area contributed by atoms with Crippen molar-refractivity contribution in [2.75, 3.05) is 11.1 Å². The number of hydrogen-bond donors (Lipinski definition) is 3. The molecule has 2 rings (SSSR count). The van der Waals surface area contributed by atoms with Crippen LogP contribution in [-0.2, 0) is 11.3 Å². The number of carbonyl (C=O) groups is 2. The van der Waals surface area contributed by atoms with Gasteiger partial charge in [-0.2, -0.15) is 5.10 Å². The van der Waals surface area contributed by atoms with E-state index in [-0.39, 0.29) is 18.1 Å². The SMILES string of the molecule is NC(=O)Cn1cc(NC(=O)c2csc(N)n2)cn1. The van der Waals surface area contributed by atoms with Crippen molar-refractivity contribution >= 4 is 34.0 Å². The quantitative estimate of drug-likeness (QED) is 0.697. The van der Waals surface area contributed by atoms with Gasteiger partial charge in [-0.15, -0.1) is 11.3 Å². The number of nitrogens with zero attached hydrogens (tertiary/aromatic N) is 3. The maximum Gasteiger partial charge on any atom is 0.275 e. The Morgan fingerprint density at radius 3 is 2.89 bits per heavy atom. The number of primary amides is 1. The molecule has 0 saturated heterocycles. The second-order valence-corrected chi connectivity index (χ2v) is 4.31. The summed E-state index contributed by atoms with van der Waals surface area (Å²) in [6, 6.07) is 0. The molecule has 2 aromatic rings. The lowest BCUT2D eigenvalue weighted by Crippen LogP contribution is -2.18. The molecule has 0 aliphatic rings. The lowest BCUT2D eigenvalue weighted by atomic mass is 10.4. The number of rotatable bonds is 4. The predicted molar refractivity (Wildman–Crippen MR) is 65.9 cm³/mol. The Bertz CT molecular complexity index is 589. The van der Waals surface area contributed by atoms with Crippen LogP contribution in [0.25, 0.3) is 0 Å². The molecule has 0 saturated carbocycles. The molecule has 0 bridgehead atoms. The van der Waals surface area contributed by atoms with Crippen LogP contribution in [0, 0.1) is 0 Å². The van der Waals surface area contributed by atoms with Crippen LogP contribution in [0.15, 0.2) is 17.8 Å². The highest BCUT2D eigenvalue weighted by molar-refractivity contribution is 7.13. The van der Waals surface area contributed by atoms with E-state index in [1.165, 1.54) is 28.4 Å². The third-order valence-electron chi connectivity index (χ3n) is 1.96. The summed E-state index contributed by atoms with van der Waals surface area (Å²) >= 11 is 1.18. The molecule has 18 heavy (non-hydrogen) atoms. The number of nitrogen functional groups attached to an aromatic ring is 1. The van der Waals surface area contributed by atoms with Crippen LogP contribution in [-0.4, -0.2) is 26.6 Å². The van der Waals surface area contributed by atoms with Crippen molar-refractivity contribution < 1.29 is 9.59 Å². The minimum Gasteiger partial charge on any atom is -0.375 e. The standard InChI is InChI=1S/C9H10N6O2S/c10-7(16)3-15-2-5(1-12-15)13-8(17)6-4-18-9(11)14-6/h1-2,4H,3H2,(H2,10,16)(H2,11,14)(H,13,17). The van der Waals surface area contributed by atoms with Gasteiger partial charge >= 0.3 is 0 Å². The van der Waals surface area contributed by atoms with Crippen LogP contribution >= 0.6 is 11.3 Å². The Hall–Kier alpha value is -2.42. The molecule has 0 radical (unpaired) electrons. The number of anilines is 2. The zero-order chi connectivity index (χ0) is 13.1. The topological polar surface area (TPSA) is 129 Å². The molecule has 94 valence electrons. The van der Waals surface area contributed by atoms with Crippen LogP contribution in [0.5, 0.6) is 0 Å². The highest BCUT2D eigenvalue weighted by Gasteiger charge is 2.11. The van der Waals surface area contributed by atoms with E-state index in [0.717, 1.165) is 0 Å². The molecule has 5 N–H and O–H groups in total. The molecule has 0 aliphatic heterocycles. The molecule has 0 aromatic carbocycles. The first-order chi connectivity index (χ1) is 8.54. The van der Waals surface area contributed by atoms with E-state index >= 15 is 0 Å². The lowest BCUT2D eigenvalue weighted by molar-refractivity contribution is -0.118. The number of thiazole rings is 1. The summed E-state index contributed by atoms with van der Waals surface area (Å²) in [6.07, 6.45) is 2.91. The Balaban J connectivity index is 2.03. The number of nitrogens with two attached hydrogens (primary N) is 2. The van der Waals surface area contributed by atoms with Gasteiger partial charge < -0.3 is 16.8 Å². The van der Waals surface area contributed by atoms with Gasteiger partial charge in [0.1, 0.15) is 12.2 Å². The monoisotopic (exact) mass is 266 g/mol. The maximum atomic E-state index is 11.7. The molecule has 0 aliphatic carbocycles. The molecule has 0 atom stereocenters. The summed E-state index contributed by atoms with van der Waals surface area (Å²) < 4.78 is 1.33. The summed E-state index contributed by atoms with van der Waals surface area (Å²) in [5.74, 6) is -0.898. The molecular weight excluding hydrogens is 256 g/mol. The van der Waals surface area contributed by atoms with Crippen molar-refractivity contribution in [2.45, 2.75) is 6.54 Å². The Morgan fingerprint density at radius 2 is 2.28 bits per heavy atom. The normalized spacial score (nSPS) is 10.2. The van der Waals surface area contributed by atoms with Gasteiger partial charge in [0.05, 0.1) is 11.9 Å². The zero-order valence-electron chi connectivity index (χ0n) is 9.16. The van der Waals surface area contributed by atoms with Crippen LogP contribution in [0.4, 0.5) is 10.8 Å². The Morgan fingerprint density at radius 1 is 1.50 bits per heavy atom. The zero-order valence-corrected chi connectivity index (χ0v) is 9.98. The van der Waals surface area contributed by atoms with Crippen LogP contribution in [0.3, 0.4) is 0 Å². The van der Waals surface area contributed by atoms with Gasteiger partial charge in [-0.25, -0.2) is 4.98 Å². The Kier molecular flexibility index (Phi) is 3.24. The summed E-state index contributed by atoms with van der Waals surface area (Å²) in [7, 11) is 0. The first-order valence-corrected chi connectivity index (χ1v) is 5.75. The van der Waals surface area contributed by atoms with Gasteiger partial charge in [-0.1, -0.05) is 0 Å². The van der Waals surface area contributed by atoms with E-state index < -0.39 is 5.91 Å². The molecule has 2 amide bonds. The number of hydrogen-bond acceptors (Lipinski definition) is 6. The van der Waals surface area contributed by atoms with Gasteiger partial charge in [0.2, 0.25) is 5.91 Å². The predicted octanol–water partition coefficient (Wildman–Crippen LogP) is -0.341. The summed E-state index contributed by atoms with van der Waals surface area (Å²) in [6.45, 7) is -0.0421. The summed E-state index contributed by atoms with van der Waals surface area (Å²) in [5.41, 5.74) is 11.1. The van der Waals surface area contributed by atoms with Crippen molar-refractivity contribution in [1.29, 1.82) is 0 Å². The molecular formula is C9H10N6O2S. The van der Waals surface area contributed by atoms with Crippen LogP contribution in [0.2, 0.25) is 0 Å². The largest absolute Gasteiger partial charge is 0.375 e.